The van der Waals surface area contributed by atoms with Crippen molar-refractivity contribution in [2.75, 3.05) is 0 Å². The molecule has 1 saturated carbocycles. The van der Waals surface area contributed by atoms with Gasteiger partial charge in [-0.15, -0.1) is 0 Å². The predicted octanol–water partition coefficient (Wildman–Crippen LogP) is 6.89. The van der Waals surface area contributed by atoms with Gasteiger partial charge >= 0.3 is 0 Å². The van der Waals surface area contributed by atoms with Crippen LogP contribution in [0.4, 0.5) is 0 Å². The van der Waals surface area contributed by atoms with Gasteiger partial charge in [0, 0.05) is 41.8 Å². The fourth-order valence-electron chi connectivity index (χ4n) is 5.59. The van der Waals surface area contributed by atoms with Crippen LogP contribution in [-0.4, -0.2) is 34.9 Å². The molecular formula is C32H35N5O3. The predicted molar refractivity (Wildman–Crippen MR) is 156 cm³/mol. The first kappa shape index (κ1) is 27.3. The number of nitrogens with zero attached hydrogens (tertiary/aromatic N) is 5. The largest absolute Gasteiger partial charge is 0.495 e. The van der Waals surface area contributed by atoms with Crippen LogP contribution < -0.4 is 0 Å². The molecule has 2 N–H and O–H groups in total. The smallest absolute Gasteiger partial charge is 0.189 e. The van der Waals surface area contributed by atoms with Gasteiger partial charge < -0.3 is 14.7 Å². The molecule has 0 radical (unpaired) electrons. The zero-order valence-corrected chi connectivity index (χ0v) is 23.9. The SMILES string of the molecule is C=C(O)n1c(C2CC2)nc2c(C(O)(c3ccncc3C)c3ccncc3C)cc(-c3c(C)noc3C)cc21.CC. The van der Waals surface area contributed by atoms with Crippen LogP contribution in [0.5, 0.6) is 0 Å². The van der Waals surface area contributed by atoms with Crippen LogP contribution in [0.15, 0.2) is 60.2 Å². The Hall–Kier alpha value is -4.30. The highest BCUT2D eigenvalue weighted by Crippen LogP contribution is 2.47. The number of aryl methyl sites for hydroxylation is 4. The Labute approximate surface area is 234 Å². The Morgan fingerprint density at radius 1 is 0.975 bits per heavy atom. The summed E-state index contributed by atoms with van der Waals surface area (Å²) < 4.78 is 7.21. The van der Waals surface area contributed by atoms with Gasteiger partial charge in [0.25, 0.3) is 0 Å². The van der Waals surface area contributed by atoms with Crippen molar-refractivity contribution in [3.63, 3.8) is 0 Å². The summed E-state index contributed by atoms with van der Waals surface area (Å²) in [4.78, 5) is 13.6. The van der Waals surface area contributed by atoms with Crippen molar-refractivity contribution in [1.82, 2.24) is 24.7 Å². The number of benzene rings is 1. The average molecular weight is 538 g/mol. The number of hydrogen-bond acceptors (Lipinski definition) is 7. The molecule has 4 aromatic heterocycles. The molecule has 8 heteroatoms. The van der Waals surface area contributed by atoms with E-state index < -0.39 is 5.60 Å². The highest BCUT2D eigenvalue weighted by atomic mass is 16.5. The van der Waals surface area contributed by atoms with E-state index in [-0.39, 0.29) is 11.8 Å². The lowest BCUT2D eigenvalue weighted by Gasteiger charge is -2.33. The Morgan fingerprint density at radius 3 is 2.05 bits per heavy atom. The topological polar surface area (TPSA) is 110 Å². The lowest BCUT2D eigenvalue weighted by molar-refractivity contribution is 0.125. The van der Waals surface area contributed by atoms with E-state index in [2.05, 4.69) is 21.7 Å². The number of fused-ring (bicyclic) bond motifs is 1. The molecule has 1 aromatic carbocycles. The third-order valence-corrected chi connectivity index (χ3v) is 7.52. The van der Waals surface area contributed by atoms with Crippen molar-refractivity contribution in [2.45, 2.75) is 65.9 Å². The minimum absolute atomic E-state index is 0.111. The molecule has 0 amide bonds. The first-order chi connectivity index (χ1) is 19.2. The van der Waals surface area contributed by atoms with Crippen LogP contribution in [-0.2, 0) is 5.60 Å². The summed E-state index contributed by atoms with van der Waals surface area (Å²) in [6.45, 7) is 15.5. The fraction of sp³-hybridized carbons (Fsp3) is 0.312. The number of aliphatic hydroxyl groups excluding tert-OH is 1. The lowest BCUT2D eigenvalue weighted by atomic mass is 9.76. The van der Waals surface area contributed by atoms with E-state index in [4.69, 9.17) is 9.51 Å². The molecule has 0 bridgehead atoms. The maximum absolute atomic E-state index is 13.0. The monoisotopic (exact) mass is 537 g/mol. The summed E-state index contributed by atoms with van der Waals surface area (Å²) >= 11 is 0. The molecule has 4 heterocycles. The maximum Gasteiger partial charge on any atom is 0.189 e. The Morgan fingerprint density at radius 2 is 1.57 bits per heavy atom. The highest BCUT2D eigenvalue weighted by molar-refractivity contribution is 5.90. The van der Waals surface area contributed by atoms with Gasteiger partial charge in [-0.05, 0) is 99.2 Å². The molecule has 206 valence electrons. The van der Waals surface area contributed by atoms with Crippen LogP contribution in [0.3, 0.4) is 0 Å². The molecule has 0 saturated heterocycles. The molecule has 0 spiro atoms. The third kappa shape index (κ3) is 4.29. The Kier molecular flexibility index (Phi) is 7.06. The van der Waals surface area contributed by atoms with Crippen LogP contribution in [0.2, 0.25) is 0 Å². The van der Waals surface area contributed by atoms with Crippen LogP contribution >= 0.6 is 0 Å². The average Bonchev–Trinajstić information content (AvgIpc) is 3.64. The van der Waals surface area contributed by atoms with E-state index in [1.54, 1.807) is 29.4 Å². The Balaban J connectivity index is 0.00000158. The number of pyridine rings is 2. The van der Waals surface area contributed by atoms with Gasteiger partial charge in [-0.25, -0.2) is 4.98 Å². The number of aromatic nitrogens is 5. The van der Waals surface area contributed by atoms with Gasteiger partial charge in [0.05, 0.1) is 16.7 Å². The van der Waals surface area contributed by atoms with Crippen molar-refractivity contribution in [3.05, 3.63) is 101 Å². The van der Waals surface area contributed by atoms with Crippen LogP contribution in [0, 0.1) is 27.7 Å². The highest BCUT2D eigenvalue weighted by Gasteiger charge is 2.41. The number of hydrogen-bond donors (Lipinski definition) is 2. The van der Waals surface area contributed by atoms with Crippen molar-refractivity contribution in [1.29, 1.82) is 0 Å². The van der Waals surface area contributed by atoms with E-state index in [0.29, 0.717) is 33.5 Å². The lowest BCUT2D eigenvalue weighted by Crippen LogP contribution is -2.31. The van der Waals surface area contributed by atoms with Gasteiger partial charge in [0.2, 0.25) is 0 Å². The summed E-state index contributed by atoms with van der Waals surface area (Å²) in [6.07, 6.45) is 8.83. The maximum atomic E-state index is 13.0. The number of imidazole rings is 1. The van der Waals surface area contributed by atoms with E-state index in [0.717, 1.165) is 46.6 Å². The standard InChI is InChI=1S/C30H29N5O3.C2H6/c1-16-14-31-10-8-23(16)30(37,24-9-11-32-15-17(24)2)25-12-22(27-18(3)34-38-19(27)4)13-26-28(25)33-29(21-6-7-21)35(26)20(5)36;1-2/h8-15,21,36-37H,5-7H2,1-4H3;1-2H3. The van der Waals surface area contributed by atoms with E-state index in [1.807, 2.05) is 65.8 Å². The van der Waals surface area contributed by atoms with E-state index in [9.17, 15) is 10.2 Å². The molecule has 5 aromatic rings. The fourth-order valence-corrected chi connectivity index (χ4v) is 5.59. The third-order valence-electron chi connectivity index (χ3n) is 7.52. The minimum atomic E-state index is -1.61. The molecule has 1 fully saturated rings. The van der Waals surface area contributed by atoms with Crippen LogP contribution in [0.25, 0.3) is 28.0 Å². The quantitative estimate of drug-likeness (QED) is 0.227. The summed E-state index contributed by atoms with van der Waals surface area (Å²) in [5.41, 5.74) is 5.60. The zero-order chi connectivity index (χ0) is 28.8. The Bertz CT molecular complexity index is 1660. The van der Waals surface area contributed by atoms with Gasteiger partial charge in [-0.2, -0.15) is 0 Å². The number of aliphatic hydroxyl groups is 2. The molecule has 40 heavy (non-hydrogen) atoms. The molecular weight excluding hydrogens is 502 g/mol. The molecule has 8 nitrogen and oxygen atoms in total. The zero-order valence-electron chi connectivity index (χ0n) is 23.9. The van der Waals surface area contributed by atoms with E-state index in [1.165, 1.54) is 0 Å². The van der Waals surface area contributed by atoms with Crippen molar-refractivity contribution >= 4 is 16.9 Å². The molecule has 0 atom stereocenters. The minimum Gasteiger partial charge on any atom is -0.495 e. The van der Waals surface area contributed by atoms with Crippen molar-refractivity contribution in [2.24, 2.45) is 0 Å². The molecule has 0 aliphatic heterocycles. The van der Waals surface area contributed by atoms with Gasteiger partial charge in [0.15, 0.2) is 5.88 Å². The summed E-state index contributed by atoms with van der Waals surface area (Å²) in [5.74, 6) is 1.51. The van der Waals surface area contributed by atoms with Crippen LogP contribution in [0.1, 0.15) is 77.7 Å². The summed E-state index contributed by atoms with van der Waals surface area (Å²) in [6, 6.07) is 7.61. The van der Waals surface area contributed by atoms with Gasteiger partial charge in [0.1, 0.15) is 17.2 Å². The first-order valence-corrected chi connectivity index (χ1v) is 13.6. The van der Waals surface area contributed by atoms with Crippen molar-refractivity contribution < 1.29 is 14.7 Å². The van der Waals surface area contributed by atoms with Gasteiger partial charge in [-0.1, -0.05) is 19.0 Å². The first-order valence-electron chi connectivity index (χ1n) is 13.6. The second-order valence-electron chi connectivity index (χ2n) is 10.2. The summed E-state index contributed by atoms with van der Waals surface area (Å²) in [7, 11) is 0. The summed E-state index contributed by atoms with van der Waals surface area (Å²) in [5, 5.41) is 27.9. The second kappa shape index (κ2) is 10.4. The molecule has 0 unspecified atom stereocenters. The van der Waals surface area contributed by atoms with E-state index >= 15 is 0 Å². The van der Waals surface area contributed by atoms with Crippen molar-refractivity contribution in [3.8, 4) is 11.1 Å². The normalized spacial score (nSPS) is 13.3. The number of rotatable bonds is 6. The van der Waals surface area contributed by atoms with Gasteiger partial charge in [-0.3, -0.25) is 14.5 Å². The molecule has 1 aliphatic rings. The second-order valence-corrected chi connectivity index (χ2v) is 10.2. The molecule has 1 aliphatic carbocycles. The molecule has 6 rings (SSSR count).